The number of rotatable bonds is 4. The van der Waals surface area contributed by atoms with Gasteiger partial charge < -0.3 is 0 Å². The highest BCUT2D eigenvalue weighted by Crippen LogP contribution is 2.52. The van der Waals surface area contributed by atoms with E-state index in [1.165, 1.54) is 48.2 Å². The van der Waals surface area contributed by atoms with Crippen molar-refractivity contribution in [1.29, 1.82) is 0 Å². The number of nitrogens with zero attached hydrogens (tertiary/aromatic N) is 5. The minimum atomic E-state index is 0.641. The first-order valence-electron chi connectivity index (χ1n) is 19.9. The molecular weight excluding hydrogens is 739 g/mol. The highest BCUT2D eigenvalue weighted by molar-refractivity contribution is 8.00. The lowest BCUT2D eigenvalue weighted by Crippen LogP contribution is -2.08. The van der Waals surface area contributed by atoms with E-state index in [0.29, 0.717) is 17.5 Å². The fourth-order valence-corrected chi connectivity index (χ4v) is 10.5. The first kappa shape index (κ1) is 32.5. The molecule has 0 spiro atoms. The smallest absolute Gasteiger partial charge is 0.165 e. The molecule has 0 atom stereocenters. The average molecular weight is 770 g/mol. The lowest BCUT2D eigenvalue weighted by Gasteiger charge is -2.23. The SMILES string of the molecule is c1ccc(-n2c3ccccc3c3c4cccc5c4n(c32)-c2cccc(-c3nc(-c4ccc6ccccc6c4)nc(-c4cc6ccccc6c6ccccc46)n3)c2S5)cc1. The molecule has 12 aromatic rings. The average Bonchev–Trinajstić information content (AvgIpc) is 3.82. The normalized spacial score (nSPS) is 12.3. The second kappa shape index (κ2) is 12.5. The van der Waals surface area contributed by atoms with Crippen LogP contribution in [0.1, 0.15) is 0 Å². The summed E-state index contributed by atoms with van der Waals surface area (Å²) < 4.78 is 4.90. The van der Waals surface area contributed by atoms with Crippen molar-refractivity contribution in [1.82, 2.24) is 24.1 Å². The Labute approximate surface area is 342 Å². The molecule has 3 aromatic heterocycles. The third kappa shape index (κ3) is 4.78. The summed E-state index contributed by atoms with van der Waals surface area (Å²) in [5.41, 5.74) is 8.68. The molecule has 5 nitrogen and oxygen atoms in total. The van der Waals surface area contributed by atoms with Gasteiger partial charge in [0.25, 0.3) is 0 Å². The molecule has 9 aromatic carbocycles. The lowest BCUT2D eigenvalue weighted by atomic mass is 9.97. The van der Waals surface area contributed by atoms with E-state index in [-0.39, 0.29) is 0 Å². The standard InChI is InChI=1S/C53H31N5S/c1-2-17-36(18-3-1)57-44-25-11-10-22-40(44)47-41-23-13-27-46-48(41)58(53(47)57)45-26-12-24-42(49(45)59-46)51-54-50(35-29-28-32-14-4-5-15-33(32)30-35)55-52(56-51)43-31-34-16-6-7-19-37(34)38-20-8-9-21-39(38)43/h1-31H. The molecule has 0 aliphatic carbocycles. The second-order valence-corrected chi connectivity index (χ2v) is 16.2. The quantitative estimate of drug-likeness (QED) is 0.167. The molecule has 1 aliphatic heterocycles. The summed E-state index contributed by atoms with van der Waals surface area (Å²) in [6.45, 7) is 0. The molecule has 1 aliphatic rings. The largest absolute Gasteiger partial charge is 0.295 e. The monoisotopic (exact) mass is 769 g/mol. The molecule has 4 heterocycles. The van der Waals surface area contributed by atoms with E-state index in [1.807, 2.05) is 0 Å². The number of para-hydroxylation sites is 3. The van der Waals surface area contributed by atoms with E-state index in [0.717, 1.165) is 54.8 Å². The van der Waals surface area contributed by atoms with Crippen LogP contribution >= 0.6 is 11.8 Å². The minimum absolute atomic E-state index is 0.641. The molecule has 274 valence electrons. The zero-order valence-corrected chi connectivity index (χ0v) is 32.4. The highest BCUT2D eigenvalue weighted by Gasteiger charge is 2.30. The number of aromatic nitrogens is 5. The third-order valence-corrected chi connectivity index (χ3v) is 13.1. The Bertz CT molecular complexity index is 3710. The van der Waals surface area contributed by atoms with Crippen LogP contribution in [0.3, 0.4) is 0 Å². The van der Waals surface area contributed by atoms with E-state index in [1.54, 1.807) is 11.8 Å². The van der Waals surface area contributed by atoms with E-state index in [4.69, 9.17) is 15.0 Å². The maximum atomic E-state index is 5.43. The number of hydrogen-bond donors (Lipinski definition) is 0. The van der Waals surface area contributed by atoms with Crippen molar-refractivity contribution in [3.63, 3.8) is 0 Å². The number of fused-ring (bicyclic) bond motifs is 11. The predicted octanol–water partition coefficient (Wildman–Crippen LogP) is 13.8. The van der Waals surface area contributed by atoms with Gasteiger partial charge in [-0.05, 0) is 80.8 Å². The Morgan fingerprint density at radius 3 is 1.93 bits per heavy atom. The van der Waals surface area contributed by atoms with Crippen molar-refractivity contribution >= 4 is 76.9 Å². The molecule has 0 bridgehead atoms. The zero-order chi connectivity index (χ0) is 38.6. The second-order valence-electron chi connectivity index (χ2n) is 15.2. The van der Waals surface area contributed by atoms with Crippen LogP contribution in [-0.2, 0) is 0 Å². The van der Waals surface area contributed by atoms with E-state index >= 15 is 0 Å². The fourth-order valence-electron chi connectivity index (χ4n) is 9.33. The van der Waals surface area contributed by atoms with Gasteiger partial charge in [-0.1, -0.05) is 151 Å². The molecule has 0 saturated heterocycles. The summed E-state index contributed by atoms with van der Waals surface area (Å²) in [5, 5.41) is 10.7. The van der Waals surface area contributed by atoms with Crippen molar-refractivity contribution in [2.24, 2.45) is 0 Å². The first-order valence-corrected chi connectivity index (χ1v) is 20.7. The maximum absolute atomic E-state index is 5.43. The third-order valence-electron chi connectivity index (χ3n) is 11.9. The van der Waals surface area contributed by atoms with Gasteiger partial charge in [0.05, 0.1) is 16.7 Å². The summed E-state index contributed by atoms with van der Waals surface area (Å²) in [5.74, 6) is 1.93. The molecule has 0 amide bonds. The Balaban J connectivity index is 1.11. The summed E-state index contributed by atoms with van der Waals surface area (Å²) in [4.78, 5) is 18.4. The van der Waals surface area contributed by atoms with Gasteiger partial charge in [0.2, 0.25) is 0 Å². The van der Waals surface area contributed by atoms with Crippen LogP contribution in [-0.4, -0.2) is 24.1 Å². The van der Waals surface area contributed by atoms with Gasteiger partial charge in [-0.15, -0.1) is 0 Å². The molecule has 6 heteroatoms. The predicted molar refractivity (Wildman–Crippen MR) is 244 cm³/mol. The van der Waals surface area contributed by atoms with Gasteiger partial charge >= 0.3 is 0 Å². The minimum Gasteiger partial charge on any atom is -0.295 e. The van der Waals surface area contributed by atoms with E-state index in [9.17, 15) is 0 Å². The number of benzene rings is 9. The Morgan fingerprint density at radius 1 is 0.407 bits per heavy atom. The van der Waals surface area contributed by atoms with Gasteiger partial charge in [0.1, 0.15) is 5.65 Å². The maximum Gasteiger partial charge on any atom is 0.165 e. The van der Waals surface area contributed by atoms with Crippen molar-refractivity contribution in [2.75, 3.05) is 0 Å². The van der Waals surface area contributed by atoms with E-state index in [2.05, 4.69) is 197 Å². The summed E-state index contributed by atoms with van der Waals surface area (Å²) >= 11 is 1.80. The molecular formula is C53H31N5S. The molecule has 0 saturated carbocycles. The summed E-state index contributed by atoms with van der Waals surface area (Å²) in [6.07, 6.45) is 0. The van der Waals surface area contributed by atoms with Gasteiger partial charge in [0, 0.05) is 48.3 Å². The van der Waals surface area contributed by atoms with Crippen molar-refractivity contribution in [3.8, 4) is 45.5 Å². The van der Waals surface area contributed by atoms with E-state index < -0.39 is 0 Å². The highest BCUT2D eigenvalue weighted by atomic mass is 32.2. The van der Waals surface area contributed by atoms with Crippen LogP contribution in [0.4, 0.5) is 0 Å². The number of hydrogen-bond acceptors (Lipinski definition) is 4. The van der Waals surface area contributed by atoms with Gasteiger partial charge in [-0.2, -0.15) is 0 Å². The molecule has 0 fully saturated rings. The molecule has 13 rings (SSSR count). The molecule has 0 N–H and O–H groups in total. The van der Waals surface area contributed by atoms with Crippen LogP contribution in [0.2, 0.25) is 0 Å². The Morgan fingerprint density at radius 2 is 1.07 bits per heavy atom. The summed E-state index contributed by atoms with van der Waals surface area (Å²) in [7, 11) is 0. The first-order chi connectivity index (χ1) is 29.3. The molecule has 0 radical (unpaired) electrons. The zero-order valence-electron chi connectivity index (χ0n) is 31.5. The molecule has 0 unspecified atom stereocenters. The van der Waals surface area contributed by atoms with Crippen LogP contribution in [0.25, 0.3) is 111 Å². The summed E-state index contributed by atoms with van der Waals surface area (Å²) in [6, 6.07) is 67.1. The topological polar surface area (TPSA) is 48.5 Å². The van der Waals surface area contributed by atoms with Crippen molar-refractivity contribution in [2.45, 2.75) is 9.79 Å². The van der Waals surface area contributed by atoms with Gasteiger partial charge in [0.15, 0.2) is 17.5 Å². The van der Waals surface area contributed by atoms with Crippen LogP contribution in [0, 0.1) is 0 Å². The fraction of sp³-hybridized carbons (Fsp3) is 0. The van der Waals surface area contributed by atoms with Crippen LogP contribution < -0.4 is 0 Å². The van der Waals surface area contributed by atoms with Gasteiger partial charge in [-0.25, -0.2) is 15.0 Å². The van der Waals surface area contributed by atoms with Crippen LogP contribution in [0.5, 0.6) is 0 Å². The van der Waals surface area contributed by atoms with Crippen LogP contribution in [0.15, 0.2) is 198 Å². The van der Waals surface area contributed by atoms with Crippen molar-refractivity contribution < 1.29 is 0 Å². The van der Waals surface area contributed by atoms with Gasteiger partial charge in [-0.3, -0.25) is 9.13 Å². The van der Waals surface area contributed by atoms with Crippen molar-refractivity contribution in [3.05, 3.63) is 188 Å². The Kier molecular flexibility index (Phi) is 6.88. The lowest BCUT2D eigenvalue weighted by molar-refractivity contribution is 1.02. The molecule has 59 heavy (non-hydrogen) atoms. The Hall–Kier alpha value is -7.54.